The smallest absolute Gasteiger partial charge is 0.225 e. The molecule has 88 valence electrons. The van der Waals surface area contributed by atoms with Gasteiger partial charge in [0.1, 0.15) is 0 Å². The third-order valence-corrected chi connectivity index (χ3v) is 3.07. The van der Waals surface area contributed by atoms with Crippen LogP contribution in [0.5, 0.6) is 0 Å². The van der Waals surface area contributed by atoms with E-state index in [1.165, 1.54) is 12.8 Å². The summed E-state index contributed by atoms with van der Waals surface area (Å²) >= 11 is 0. The lowest BCUT2D eigenvalue weighted by Gasteiger charge is -2.30. The van der Waals surface area contributed by atoms with Crippen molar-refractivity contribution < 1.29 is 9.90 Å². The molecule has 1 amide bonds. The van der Waals surface area contributed by atoms with E-state index in [0.29, 0.717) is 6.54 Å². The van der Waals surface area contributed by atoms with Crippen LogP contribution in [0.2, 0.25) is 0 Å². The zero-order chi connectivity index (χ0) is 11.4. The van der Waals surface area contributed by atoms with Crippen LogP contribution in [0.1, 0.15) is 46.5 Å². The van der Waals surface area contributed by atoms with Gasteiger partial charge in [-0.3, -0.25) is 4.79 Å². The monoisotopic (exact) mass is 213 g/mol. The molecule has 0 aromatic rings. The SMILES string of the molecule is CC(O)CN(C(=O)C1CCCC1)C(C)C. The molecule has 0 aromatic carbocycles. The standard InChI is InChI=1S/C12H23NO2/c1-9(2)13(8-10(3)14)12(15)11-6-4-5-7-11/h9-11,14H,4-8H2,1-3H3. The summed E-state index contributed by atoms with van der Waals surface area (Å²) < 4.78 is 0. The Morgan fingerprint density at radius 3 is 2.27 bits per heavy atom. The van der Waals surface area contributed by atoms with E-state index in [4.69, 9.17) is 0 Å². The van der Waals surface area contributed by atoms with Crippen molar-refractivity contribution in [3.05, 3.63) is 0 Å². The quantitative estimate of drug-likeness (QED) is 0.773. The molecule has 0 aromatic heterocycles. The van der Waals surface area contributed by atoms with Crippen molar-refractivity contribution in [1.82, 2.24) is 4.90 Å². The lowest BCUT2D eigenvalue weighted by Crippen LogP contribution is -2.44. The number of rotatable bonds is 4. The first kappa shape index (κ1) is 12.5. The highest BCUT2D eigenvalue weighted by Gasteiger charge is 2.28. The molecule has 0 bridgehead atoms. The van der Waals surface area contributed by atoms with Gasteiger partial charge in [-0.2, -0.15) is 0 Å². The lowest BCUT2D eigenvalue weighted by atomic mass is 10.1. The second kappa shape index (κ2) is 5.50. The normalized spacial score (nSPS) is 19.5. The van der Waals surface area contributed by atoms with E-state index in [1.807, 2.05) is 18.7 Å². The fraction of sp³-hybridized carbons (Fsp3) is 0.917. The fourth-order valence-electron chi connectivity index (χ4n) is 2.25. The molecule has 0 spiro atoms. The van der Waals surface area contributed by atoms with E-state index in [0.717, 1.165) is 12.8 Å². The molecule has 0 saturated heterocycles. The van der Waals surface area contributed by atoms with Crippen molar-refractivity contribution in [2.24, 2.45) is 5.92 Å². The summed E-state index contributed by atoms with van der Waals surface area (Å²) in [5.41, 5.74) is 0. The van der Waals surface area contributed by atoms with E-state index in [-0.39, 0.29) is 17.9 Å². The summed E-state index contributed by atoms with van der Waals surface area (Å²) in [5, 5.41) is 9.37. The Hall–Kier alpha value is -0.570. The van der Waals surface area contributed by atoms with E-state index in [2.05, 4.69) is 0 Å². The van der Waals surface area contributed by atoms with Crippen molar-refractivity contribution in [2.75, 3.05) is 6.54 Å². The van der Waals surface area contributed by atoms with Crippen molar-refractivity contribution in [2.45, 2.75) is 58.6 Å². The highest BCUT2D eigenvalue weighted by Crippen LogP contribution is 2.27. The molecule has 15 heavy (non-hydrogen) atoms. The molecule has 1 N–H and O–H groups in total. The maximum atomic E-state index is 12.1. The maximum Gasteiger partial charge on any atom is 0.225 e. The van der Waals surface area contributed by atoms with Crippen LogP contribution in [-0.4, -0.2) is 34.6 Å². The molecule has 1 atom stereocenters. The minimum atomic E-state index is -0.433. The Kier molecular flexibility index (Phi) is 4.58. The van der Waals surface area contributed by atoms with Crippen molar-refractivity contribution >= 4 is 5.91 Å². The second-order valence-electron chi connectivity index (χ2n) is 4.91. The van der Waals surface area contributed by atoms with Gasteiger partial charge in [-0.05, 0) is 33.6 Å². The predicted molar refractivity (Wildman–Crippen MR) is 60.5 cm³/mol. The van der Waals surface area contributed by atoms with Gasteiger partial charge in [-0.25, -0.2) is 0 Å². The molecule has 1 rings (SSSR count). The largest absolute Gasteiger partial charge is 0.392 e. The number of carbonyl (C=O) groups excluding carboxylic acids is 1. The van der Waals surface area contributed by atoms with Crippen LogP contribution in [0.3, 0.4) is 0 Å². The minimum Gasteiger partial charge on any atom is -0.392 e. The second-order valence-corrected chi connectivity index (χ2v) is 4.91. The Balaban J connectivity index is 2.57. The molecule has 1 fully saturated rings. The van der Waals surface area contributed by atoms with Gasteiger partial charge < -0.3 is 10.0 Å². The number of hydrogen-bond acceptors (Lipinski definition) is 2. The molecule has 0 heterocycles. The van der Waals surface area contributed by atoms with Crippen LogP contribution >= 0.6 is 0 Å². The summed E-state index contributed by atoms with van der Waals surface area (Å²) in [6.45, 7) is 6.22. The average Bonchev–Trinajstić information content (AvgIpc) is 2.65. The molecule has 0 aliphatic heterocycles. The van der Waals surface area contributed by atoms with E-state index in [9.17, 15) is 9.90 Å². The van der Waals surface area contributed by atoms with Crippen LogP contribution in [0.4, 0.5) is 0 Å². The van der Waals surface area contributed by atoms with Gasteiger partial charge in [0.25, 0.3) is 0 Å². The number of hydrogen-bond donors (Lipinski definition) is 1. The molecule has 1 saturated carbocycles. The topological polar surface area (TPSA) is 40.5 Å². The zero-order valence-electron chi connectivity index (χ0n) is 10.1. The third-order valence-electron chi connectivity index (χ3n) is 3.07. The third kappa shape index (κ3) is 3.49. The fourth-order valence-corrected chi connectivity index (χ4v) is 2.25. The molecular formula is C12H23NO2. The summed E-state index contributed by atoms with van der Waals surface area (Å²) in [6, 6.07) is 0.188. The lowest BCUT2D eigenvalue weighted by molar-refractivity contribution is -0.138. The van der Waals surface area contributed by atoms with Crippen molar-refractivity contribution in [3.63, 3.8) is 0 Å². The molecule has 3 nitrogen and oxygen atoms in total. The molecular weight excluding hydrogens is 190 g/mol. The molecule has 3 heteroatoms. The first-order valence-electron chi connectivity index (χ1n) is 6.01. The minimum absolute atomic E-state index is 0.188. The summed E-state index contributed by atoms with van der Waals surface area (Å²) in [7, 11) is 0. The molecule has 0 radical (unpaired) electrons. The number of aliphatic hydroxyl groups is 1. The van der Waals surface area contributed by atoms with Crippen LogP contribution in [0.15, 0.2) is 0 Å². The van der Waals surface area contributed by atoms with Crippen LogP contribution in [0.25, 0.3) is 0 Å². The van der Waals surface area contributed by atoms with Crippen LogP contribution < -0.4 is 0 Å². The average molecular weight is 213 g/mol. The molecule has 1 aliphatic carbocycles. The van der Waals surface area contributed by atoms with Gasteiger partial charge >= 0.3 is 0 Å². The van der Waals surface area contributed by atoms with Gasteiger partial charge in [0.2, 0.25) is 5.91 Å². The Labute approximate surface area is 92.5 Å². The van der Waals surface area contributed by atoms with Crippen molar-refractivity contribution in [3.8, 4) is 0 Å². The van der Waals surface area contributed by atoms with Crippen LogP contribution in [-0.2, 0) is 4.79 Å². The highest BCUT2D eigenvalue weighted by molar-refractivity contribution is 5.79. The number of carbonyl (C=O) groups is 1. The first-order valence-corrected chi connectivity index (χ1v) is 6.01. The Morgan fingerprint density at radius 1 is 1.33 bits per heavy atom. The number of nitrogens with zero attached hydrogens (tertiary/aromatic N) is 1. The molecule has 1 unspecified atom stereocenters. The number of aliphatic hydroxyl groups excluding tert-OH is 1. The molecule has 1 aliphatic rings. The Morgan fingerprint density at radius 2 is 1.87 bits per heavy atom. The van der Waals surface area contributed by atoms with Crippen LogP contribution in [0, 0.1) is 5.92 Å². The summed E-state index contributed by atoms with van der Waals surface area (Å²) in [5.74, 6) is 0.453. The van der Waals surface area contributed by atoms with Gasteiger partial charge in [0.05, 0.1) is 6.10 Å². The summed E-state index contributed by atoms with van der Waals surface area (Å²) in [4.78, 5) is 14.0. The van der Waals surface area contributed by atoms with E-state index >= 15 is 0 Å². The van der Waals surface area contributed by atoms with Gasteiger partial charge in [-0.1, -0.05) is 12.8 Å². The van der Waals surface area contributed by atoms with Gasteiger partial charge in [-0.15, -0.1) is 0 Å². The first-order chi connectivity index (χ1) is 7.02. The van der Waals surface area contributed by atoms with Gasteiger partial charge in [0, 0.05) is 18.5 Å². The van der Waals surface area contributed by atoms with E-state index in [1.54, 1.807) is 6.92 Å². The predicted octanol–water partition coefficient (Wildman–Crippen LogP) is 1.79. The Bertz CT molecular complexity index is 208. The van der Waals surface area contributed by atoms with Crippen molar-refractivity contribution in [1.29, 1.82) is 0 Å². The van der Waals surface area contributed by atoms with Gasteiger partial charge in [0.15, 0.2) is 0 Å². The number of amides is 1. The summed E-state index contributed by atoms with van der Waals surface area (Å²) in [6.07, 6.45) is 3.98. The van der Waals surface area contributed by atoms with E-state index < -0.39 is 6.10 Å². The zero-order valence-corrected chi connectivity index (χ0v) is 10.1. The highest BCUT2D eigenvalue weighted by atomic mass is 16.3. The maximum absolute atomic E-state index is 12.1.